The van der Waals surface area contributed by atoms with E-state index in [9.17, 15) is 4.79 Å². The van der Waals surface area contributed by atoms with Crippen LogP contribution in [0.15, 0.2) is 12.1 Å². The molecule has 21 heavy (non-hydrogen) atoms. The molecule has 0 aliphatic carbocycles. The van der Waals surface area contributed by atoms with Gasteiger partial charge in [-0.3, -0.25) is 4.79 Å². The Morgan fingerprint density at radius 1 is 1.48 bits per heavy atom. The van der Waals surface area contributed by atoms with E-state index in [4.69, 9.17) is 0 Å². The number of amides is 1. The maximum atomic E-state index is 12.3. The smallest absolute Gasteiger partial charge is 0.251 e. The van der Waals surface area contributed by atoms with Gasteiger partial charge in [-0.05, 0) is 44.5 Å². The SMILES string of the molecule is CCCc1cc(C(=O)NCC2CCN(C)C2)cc(NC)n1. The number of carbonyl (C=O) groups excluding carboxylic acids is 1. The monoisotopic (exact) mass is 290 g/mol. The van der Waals surface area contributed by atoms with Crippen molar-refractivity contribution in [3.8, 4) is 0 Å². The van der Waals surface area contributed by atoms with Gasteiger partial charge in [0.05, 0.1) is 0 Å². The van der Waals surface area contributed by atoms with Crippen LogP contribution in [0.3, 0.4) is 0 Å². The molecule has 0 bridgehead atoms. The van der Waals surface area contributed by atoms with Crippen molar-refractivity contribution < 1.29 is 4.79 Å². The Kier molecular flexibility index (Phi) is 5.56. The topological polar surface area (TPSA) is 57.3 Å². The van der Waals surface area contributed by atoms with E-state index in [2.05, 4.69) is 34.5 Å². The van der Waals surface area contributed by atoms with Gasteiger partial charge in [-0.25, -0.2) is 4.98 Å². The summed E-state index contributed by atoms with van der Waals surface area (Å²) in [6, 6.07) is 3.72. The van der Waals surface area contributed by atoms with Crippen molar-refractivity contribution in [3.63, 3.8) is 0 Å². The predicted octanol–water partition coefficient (Wildman–Crippen LogP) is 1.76. The summed E-state index contributed by atoms with van der Waals surface area (Å²) in [4.78, 5) is 19.1. The van der Waals surface area contributed by atoms with Crippen LogP contribution >= 0.6 is 0 Å². The van der Waals surface area contributed by atoms with E-state index in [1.807, 2.05) is 19.2 Å². The largest absolute Gasteiger partial charge is 0.373 e. The molecule has 1 atom stereocenters. The lowest BCUT2D eigenvalue weighted by Crippen LogP contribution is -2.30. The van der Waals surface area contributed by atoms with Crippen LogP contribution in [-0.2, 0) is 6.42 Å². The van der Waals surface area contributed by atoms with Crippen LogP contribution in [-0.4, -0.2) is 49.5 Å². The number of rotatable bonds is 6. The number of nitrogens with one attached hydrogen (secondary N) is 2. The Morgan fingerprint density at radius 3 is 2.90 bits per heavy atom. The summed E-state index contributed by atoms with van der Waals surface area (Å²) in [7, 11) is 3.95. The van der Waals surface area contributed by atoms with E-state index >= 15 is 0 Å². The molecule has 2 N–H and O–H groups in total. The lowest BCUT2D eigenvalue weighted by atomic mass is 10.1. The lowest BCUT2D eigenvalue weighted by Gasteiger charge is -2.13. The molecule has 2 rings (SSSR count). The molecule has 1 saturated heterocycles. The number of nitrogens with zero attached hydrogens (tertiary/aromatic N) is 2. The zero-order valence-electron chi connectivity index (χ0n) is 13.3. The Morgan fingerprint density at radius 2 is 2.29 bits per heavy atom. The predicted molar refractivity (Wildman–Crippen MR) is 85.7 cm³/mol. The lowest BCUT2D eigenvalue weighted by molar-refractivity contribution is 0.0947. The quantitative estimate of drug-likeness (QED) is 0.838. The molecule has 1 amide bonds. The summed E-state index contributed by atoms with van der Waals surface area (Å²) in [6.07, 6.45) is 3.08. The zero-order valence-corrected chi connectivity index (χ0v) is 13.3. The van der Waals surface area contributed by atoms with E-state index in [1.54, 1.807) is 0 Å². The van der Waals surface area contributed by atoms with Crippen LogP contribution in [0.25, 0.3) is 0 Å². The normalized spacial score (nSPS) is 18.7. The van der Waals surface area contributed by atoms with E-state index in [1.165, 1.54) is 0 Å². The number of hydrogen-bond donors (Lipinski definition) is 2. The van der Waals surface area contributed by atoms with Gasteiger partial charge in [0.2, 0.25) is 0 Å². The average Bonchev–Trinajstić information content (AvgIpc) is 2.90. The van der Waals surface area contributed by atoms with E-state index in [0.717, 1.165) is 50.4 Å². The standard InChI is InChI=1S/C16H26N4O/c1-4-5-14-8-13(9-15(17-2)19-14)16(21)18-10-12-6-7-20(3)11-12/h8-9,12H,4-7,10-11H2,1-3H3,(H,17,19)(H,18,21). The Balaban J connectivity index is 1.98. The van der Waals surface area contributed by atoms with Gasteiger partial charge in [0, 0.05) is 31.4 Å². The molecule has 0 radical (unpaired) electrons. The number of likely N-dealkylation sites (tertiary alicyclic amines) is 1. The molecular weight excluding hydrogens is 264 g/mol. The second-order valence-electron chi connectivity index (χ2n) is 5.86. The molecule has 1 aliphatic heterocycles. The van der Waals surface area contributed by atoms with Crippen molar-refractivity contribution in [2.24, 2.45) is 5.92 Å². The van der Waals surface area contributed by atoms with Crippen LogP contribution in [0.4, 0.5) is 5.82 Å². The zero-order chi connectivity index (χ0) is 15.2. The van der Waals surface area contributed by atoms with Gasteiger partial charge in [0.15, 0.2) is 0 Å². The van der Waals surface area contributed by atoms with Gasteiger partial charge in [-0.1, -0.05) is 13.3 Å². The minimum atomic E-state index is 0.000746. The van der Waals surface area contributed by atoms with Crippen LogP contribution < -0.4 is 10.6 Å². The number of carbonyl (C=O) groups is 1. The molecule has 1 unspecified atom stereocenters. The number of pyridine rings is 1. The summed E-state index contributed by atoms with van der Waals surface area (Å²) >= 11 is 0. The van der Waals surface area contributed by atoms with E-state index in [-0.39, 0.29) is 5.91 Å². The fourth-order valence-corrected chi connectivity index (χ4v) is 2.76. The molecule has 0 aromatic carbocycles. The first-order chi connectivity index (χ1) is 10.1. The molecule has 2 heterocycles. The minimum absolute atomic E-state index is 0.000746. The van der Waals surface area contributed by atoms with Crippen LogP contribution in [0, 0.1) is 5.92 Å². The molecule has 0 spiro atoms. The van der Waals surface area contributed by atoms with Crippen LogP contribution in [0.5, 0.6) is 0 Å². The second-order valence-corrected chi connectivity index (χ2v) is 5.86. The third-order valence-corrected chi connectivity index (χ3v) is 3.94. The van der Waals surface area contributed by atoms with Gasteiger partial charge in [0.25, 0.3) is 5.91 Å². The fourth-order valence-electron chi connectivity index (χ4n) is 2.76. The third kappa shape index (κ3) is 4.43. The summed E-state index contributed by atoms with van der Waals surface area (Å²) in [5, 5.41) is 6.09. The average molecular weight is 290 g/mol. The molecule has 0 saturated carbocycles. The molecule has 5 nitrogen and oxygen atoms in total. The van der Waals surface area contributed by atoms with Gasteiger partial charge in [0.1, 0.15) is 5.82 Å². The summed E-state index contributed by atoms with van der Waals surface area (Å²) in [5.41, 5.74) is 1.67. The first-order valence-corrected chi connectivity index (χ1v) is 7.77. The Bertz CT molecular complexity index is 489. The highest BCUT2D eigenvalue weighted by Crippen LogP contribution is 2.14. The van der Waals surface area contributed by atoms with E-state index in [0.29, 0.717) is 11.5 Å². The van der Waals surface area contributed by atoms with Crippen molar-refractivity contribution in [1.29, 1.82) is 0 Å². The van der Waals surface area contributed by atoms with Gasteiger partial charge in [-0.15, -0.1) is 0 Å². The molecule has 1 aliphatic rings. The van der Waals surface area contributed by atoms with Crippen molar-refractivity contribution in [2.75, 3.05) is 39.0 Å². The summed E-state index contributed by atoms with van der Waals surface area (Å²) in [5.74, 6) is 1.33. The number of hydrogen-bond acceptors (Lipinski definition) is 4. The summed E-state index contributed by atoms with van der Waals surface area (Å²) in [6.45, 7) is 5.06. The van der Waals surface area contributed by atoms with E-state index < -0.39 is 0 Å². The number of aromatic nitrogens is 1. The van der Waals surface area contributed by atoms with Gasteiger partial charge >= 0.3 is 0 Å². The Hall–Kier alpha value is -1.62. The highest BCUT2D eigenvalue weighted by atomic mass is 16.1. The van der Waals surface area contributed by atoms with Crippen molar-refractivity contribution in [3.05, 3.63) is 23.4 Å². The van der Waals surface area contributed by atoms with Crippen molar-refractivity contribution in [1.82, 2.24) is 15.2 Å². The van der Waals surface area contributed by atoms with Crippen LogP contribution in [0.1, 0.15) is 35.8 Å². The maximum absolute atomic E-state index is 12.3. The molecular formula is C16H26N4O. The molecule has 1 fully saturated rings. The molecule has 1 aromatic heterocycles. The minimum Gasteiger partial charge on any atom is -0.373 e. The van der Waals surface area contributed by atoms with Crippen molar-refractivity contribution in [2.45, 2.75) is 26.2 Å². The second kappa shape index (κ2) is 7.41. The maximum Gasteiger partial charge on any atom is 0.251 e. The third-order valence-electron chi connectivity index (χ3n) is 3.94. The molecule has 5 heteroatoms. The Labute approximate surface area is 127 Å². The molecule has 1 aromatic rings. The van der Waals surface area contributed by atoms with Gasteiger partial charge in [-0.2, -0.15) is 0 Å². The number of aryl methyl sites for hydroxylation is 1. The van der Waals surface area contributed by atoms with Gasteiger partial charge < -0.3 is 15.5 Å². The summed E-state index contributed by atoms with van der Waals surface area (Å²) < 4.78 is 0. The highest BCUT2D eigenvalue weighted by Gasteiger charge is 2.20. The highest BCUT2D eigenvalue weighted by molar-refractivity contribution is 5.95. The first-order valence-electron chi connectivity index (χ1n) is 7.77. The van der Waals surface area contributed by atoms with Crippen LogP contribution in [0.2, 0.25) is 0 Å². The fraction of sp³-hybridized carbons (Fsp3) is 0.625. The first kappa shape index (κ1) is 15.8. The number of anilines is 1. The van der Waals surface area contributed by atoms with Crippen molar-refractivity contribution >= 4 is 11.7 Å². The molecule has 116 valence electrons.